The molecule has 0 aliphatic heterocycles. The Bertz CT molecular complexity index is 1470. The van der Waals surface area contributed by atoms with E-state index in [2.05, 4.69) is 5.32 Å². The van der Waals surface area contributed by atoms with Crippen LogP contribution in [0.25, 0.3) is 0 Å². The van der Waals surface area contributed by atoms with Gasteiger partial charge in [-0.15, -0.1) is 0 Å². The summed E-state index contributed by atoms with van der Waals surface area (Å²) in [6.45, 7) is 2.47. The summed E-state index contributed by atoms with van der Waals surface area (Å²) in [5.74, 6) is -1.35. The second-order valence-corrected chi connectivity index (χ2v) is 11.6. The molecule has 3 aromatic rings. The highest BCUT2D eigenvalue weighted by Gasteiger charge is 2.36. The number of anilines is 1. The van der Waals surface area contributed by atoms with Gasteiger partial charge in [0.2, 0.25) is 11.8 Å². The predicted molar refractivity (Wildman–Crippen MR) is 152 cm³/mol. The van der Waals surface area contributed by atoms with E-state index in [4.69, 9.17) is 23.2 Å². The van der Waals surface area contributed by atoms with Crippen molar-refractivity contribution in [3.05, 3.63) is 94.0 Å². The molecule has 3 rings (SSSR count). The third kappa shape index (κ3) is 7.72. The molecule has 220 valence electrons. The SMILES string of the molecule is CCNC(=O)[C@@H](CC)N(Cc1c(Cl)cccc1Cl)C(=O)CN(c1cccc(C(F)(F)F)c1)S(=O)(=O)c1ccccc1. The number of hydrogen-bond donors (Lipinski definition) is 1. The van der Waals surface area contributed by atoms with Crippen LogP contribution < -0.4 is 9.62 Å². The molecule has 0 spiro atoms. The van der Waals surface area contributed by atoms with Gasteiger partial charge in [-0.3, -0.25) is 13.9 Å². The van der Waals surface area contributed by atoms with E-state index in [1.807, 2.05) is 0 Å². The van der Waals surface area contributed by atoms with Crippen molar-refractivity contribution in [2.75, 3.05) is 17.4 Å². The number of sulfonamides is 1. The first kappa shape index (κ1) is 32.2. The molecule has 1 N–H and O–H groups in total. The average Bonchev–Trinajstić information content (AvgIpc) is 2.93. The summed E-state index contributed by atoms with van der Waals surface area (Å²) in [6, 6.07) is 14.3. The van der Waals surface area contributed by atoms with E-state index < -0.39 is 46.2 Å². The van der Waals surface area contributed by atoms with Gasteiger partial charge in [-0.2, -0.15) is 13.2 Å². The zero-order valence-corrected chi connectivity index (χ0v) is 24.5. The predicted octanol–water partition coefficient (Wildman–Crippen LogP) is 6.15. The normalized spacial score (nSPS) is 12.5. The van der Waals surface area contributed by atoms with Gasteiger partial charge in [0.25, 0.3) is 10.0 Å². The summed E-state index contributed by atoms with van der Waals surface area (Å²) in [4.78, 5) is 27.8. The van der Waals surface area contributed by atoms with Crippen molar-refractivity contribution in [1.29, 1.82) is 0 Å². The van der Waals surface area contributed by atoms with Crippen LogP contribution in [0, 0.1) is 0 Å². The Morgan fingerprint density at radius 2 is 1.54 bits per heavy atom. The summed E-state index contributed by atoms with van der Waals surface area (Å²) < 4.78 is 68.8. The summed E-state index contributed by atoms with van der Waals surface area (Å²) in [7, 11) is -4.53. The van der Waals surface area contributed by atoms with Crippen LogP contribution >= 0.6 is 23.2 Å². The molecule has 0 bridgehead atoms. The van der Waals surface area contributed by atoms with E-state index in [1.165, 1.54) is 30.3 Å². The number of rotatable bonds is 11. The van der Waals surface area contributed by atoms with E-state index in [9.17, 15) is 31.2 Å². The fourth-order valence-corrected chi connectivity index (χ4v) is 6.10. The molecular weight excluding hydrogens is 602 g/mol. The second kappa shape index (κ2) is 13.6. The fourth-order valence-electron chi connectivity index (χ4n) is 4.15. The van der Waals surface area contributed by atoms with Gasteiger partial charge in [-0.1, -0.05) is 60.5 Å². The van der Waals surface area contributed by atoms with Crippen molar-refractivity contribution in [3.63, 3.8) is 0 Å². The first-order valence-electron chi connectivity index (χ1n) is 12.6. The Hall–Kier alpha value is -3.28. The highest BCUT2D eigenvalue weighted by atomic mass is 35.5. The summed E-state index contributed by atoms with van der Waals surface area (Å²) in [5, 5.41) is 3.09. The minimum atomic E-state index is -4.76. The van der Waals surface area contributed by atoms with E-state index in [1.54, 1.807) is 38.1 Å². The van der Waals surface area contributed by atoms with Gasteiger partial charge < -0.3 is 10.2 Å². The number of alkyl halides is 3. The third-order valence-corrected chi connectivity index (χ3v) is 8.69. The Morgan fingerprint density at radius 3 is 2.10 bits per heavy atom. The van der Waals surface area contributed by atoms with Crippen molar-refractivity contribution in [2.45, 2.75) is 43.9 Å². The van der Waals surface area contributed by atoms with Gasteiger partial charge in [0.15, 0.2) is 0 Å². The smallest absolute Gasteiger partial charge is 0.355 e. The number of likely N-dealkylation sites (N-methyl/N-ethyl adjacent to an activating group) is 1. The molecular formula is C28H28Cl2F3N3O4S. The first-order chi connectivity index (χ1) is 19.3. The number of nitrogens with one attached hydrogen (secondary N) is 1. The Balaban J connectivity index is 2.14. The van der Waals surface area contributed by atoms with Crippen molar-refractivity contribution < 1.29 is 31.2 Å². The lowest BCUT2D eigenvalue weighted by Gasteiger charge is -2.33. The fraction of sp³-hybridized carbons (Fsp3) is 0.286. The van der Waals surface area contributed by atoms with Crippen molar-refractivity contribution >= 4 is 50.7 Å². The number of benzene rings is 3. The largest absolute Gasteiger partial charge is 0.416 e. The number of amides is 2. The minimum absolute atomic E-state index is 0.147. The maximum Gasteiger partial charge on any atom is 0.416 e. The molecule has 0 radical (unpaired) electrons. The highest BCUT2D eigenvalue weighted by molar-refractivity contribution is 7.92. The van der Waals surface area contributed by atoms with E-state index in [0.717, 1.165) is 17.0 Å². The zero-order chi connectivity index (χ0) is 30.4. The quantitative estimate of drug-likeness (QED) is 0.276. The molecule has 0 heterocycles. The van der Waals surface area contributed by atoms with Crippen molar-refractivity contribution in [3.8, 4) is 0 Å². The highest BCUT2D eigenvalue weighted by Crippen LogP contribution is 2.34. The Morgan fingerprint density at radius 1 is 0.927 bits per heavy atom. The molecule has 0 aromatic heterocycles. The van der Waals surface area contributed by atoms with Crippen LogP contribution in [0.5, 0.6) is 0 Å². The summed E-state index contributed by atoms with van der Waals surface area (Å²) in [6.07, 6.45) is -4.62. The van der Waals surface area contributed by atoms with Gasteiger partial charge in [0.1, 0.15) is 12.6 Å². The maximum atomic E-state index is 14.0. The lowest BCUT2D eigenvalue weighted by molar-refractivity contribution is -0.140. The first-order valence-corrected chi connectivity index (χ1v) is 14.8. The van der Waals surface area contributed by atoms with Crippen molar-refractivity contribution in [2.24, 2.45) is 0 Å². The van der Waals surface area contributed by atoms with Gasteiger partial charge in [0.05, 0.1) is 16.1 Å². The van der Waals surface area contributed by atoms with Gasteiger partial charge >= 0.3 is 6.18 Å². The average molecular weight is 631 g/mol. The number of carbonyl (C=O) groups excluding carboxylic acids is 2. The van der Waals surface area contributed by atoms with Crippen LogP contribution in [0.1, 0.15) is 31.4 Å². The molecule has 7 nitrogen and oxygen atoms in total. The molecule has 41 heavy (non-hydrogen) atoms. The molecule has 1 atom stereocenters. The van der Waals surface area contributed by atoms with E-state index >= 15 is 0 Å². The number of hydrogen-bond acceptors (Lipinski definition) is 4. The van der Waals surface area contributed by atoms with Crippen LogP contribution in [-0.2, 0) is 32.3 Å². The second-order valence-electron chi connectivity index (χ2n) is 8.91. The minimum Gasteiger partial charge on any atom is -0.355 e. The van der Waals surface area contributed by atoms with Gasteiger partial charge in [-0.05, 0) is 55.8 Å². The van der Waals surface area contributed by atoms with E-state index in [0.29, 0.717) is 15.9 Å². The number of nitrogens with zero attached hydrogens (tertiary/aromatic N) is 2. The summed E-state index contributed by atoms with van der Waals surface area (Å²) >= 11 is 12.7. The molecule has 3 aromatic carbocycles. The van der Waals surface area contributed by atoms with Crippen LogP contribution in [0.4, 0.5) is 18.9 Å². The van der Waals surface area contributed by atoms with Crippen molar-refractivity contribution in [1.82, 2.24) is 10.2 Å². The topological polar surface area (TPSA) is 86.8 Å². The molecule has 0 unspecified atom stereocenters. The lowest BCUT2D eigenvalue weighted by atomic mass is 10.1. The molecule has 0 fully saturated rings. The van der Waals surface area contributed by atoms with Crippen LogP contribution in [0.15, 0.2) is 77.7 Å². The number of carbonyl (C=O) groups is 2. The standard InChI is InChI=1S/C28H28Cl2F3N3O4S/c1-3-25(27(38)34-4-2)35(17-22-23(29)14-9-15-24(22)30)26(37)18-36(41(39,40)21-12-6-5-7-13-21)20-11-8-10-19(16-20)28(31,32)33/h5-16,25H,3-4,17-18H2,1-2H3,(H,34,38)/t25-/m1/s1. The lowest BCUT2D eigenvalue weighted by Crippen LogP contribution is -2.52. The molecule has 0 aliphatic carbocycles. The number of halogens is 5. The zero-order valence-electron chi connectivity index (χ0n) is 22.2. The molecule has 0 aliphatic rings. The maximum absolute atomic E-state index is 14.0. The van der Waals surface area contributed by atoms with E-state index in [-0.39, 0.29) is 40.1 Å². The Kier molecular flexibility index (Phi) is 10.7. The Labute approximate surface area is 246 Å². The van der Waals surface area contributed by atoms with Gasteiger partial charge in [-0.25, -0.2) is 8.42 Å². The third-order valence-electron chi connectivity index (χ3n) is 6.20. The molecule has 13 heteroatoms. The van der Waals surface area contributed by atoms with Crippen LogP contribution in [0.3, 0.4) is 0 Å². The monoisotopic (exact) mass is 629 g/mol. The van der Waals surface area contributed by atoms with Crippen LogP contribution in [0.2, 0.25) is 10.0 Å². The van der Waals surface area contributed by atoms with Gasteiger partial charge in [0, 0.05) is 28.7 Å². The molecule has 0 saturated heterocycles. The van der Waals surface area contributed by atoms with Crippen LogP contribution in [-0.4, -0.2) is 44.3 Å². The molecule has 2 amide bonds. The molecule has 0 saturated carbocycles. The summed E-state index contributed by atoms with van der Waals surface area (Å²) in [5.41, 5.74) is -1.15.